The normalized spacial score (nSPS) is 13.4. The van der Waals surface area contributed by atoms with Crippen molar-refractivity contribution in [1.29, 1.82) is 0 Å². The molecule has 1 aromatic rings. The lowest BCUT2D eigenvalue weighted by atomic mass is 9.81. The molecular weight excluding hydrogens is 277 g/mol. The summed E-state index contributed by atoms with van der Waals surface area (Å²) in [6.07, 6.45) is 0. The van der Waals surface area contributed by atoms with Gasteiger partial charge in [0.2, 0.25) is 0 Å². The lowest BCUT2D eigenvalue weighted by Gasteiger charge is -2.37. The average molecular weight is 300 g/mol. The lowest BCUT2D eigenvalue weighted by Crippen LogP contribution is -2.49. The molecule has 0 saturated heterocycles. The van der Waals surface area contributed by atoms with Crippen molar-refractivity contribution in [1.82, 2.24) is 0 Å². The summed E-state index contributed by atoms with van der Waals surface area (Å²) in [4.78, 5) is 0. The Bertz CT molecular complexity index is 494. The standard InChI is InChI=1S/C15H23BF2O3/c1-13(2,19)9-7-10(17)12(11(18)8-9)16-21-15(5,6)14(3,4)20/h7-8,16,19-20H,1-6H3. The van der Waals surface area contributed by atoms with Gasteiger partial charge in [0.05, 0.1) is 16.8 Å². The molecule has 0 spiro atoms. The van der Waals surface area contributed by atoms with Crippen LogP contribution in [0.15, 0.2) is 12.1 Å². The van der Waals surface area contributed by atoms with E-state index in [1.165, 1.54) is 13.8 Å². The number of halogens is 2. The summed E-state index contributed by atoms with van der Waals surface area (Å²) >= 11 is 0. The second-order valence-electron chi connectivity index (χ2n) is 6.84. The third-order valence-corrected chi connectivity index (χ3v) is 3.90. The van der Waals surface area contributed by atoms with Gasteiger partial charge < -0.3 is 14.9 Å². The van der Waals surface area contributed by atoms with E-state index in [4.69, 9.17) is 4.65 Å². The van der Waals surface area contributed by atoms with Crippen LogP contribution in [0, 0.1) is 11.6 Å². The summed E-state index contributed by atoms with van der Waals surface area (Å²) in [5, 5.41) is 19.8. The van der Waals surface area contributed by atoms with E-state index in [2.05, 4.69) is 0 Å². The summed E-state index contributed by atoms with van der Waals surface area (Å²) in [6, 6.07) is 2.19. The molecule has 0 unspecified atom stereocenters. The Morgan fingerprint density at radius 2 is 1.38 bits per heavy atom. The zero-order chi connectivity index (χ0) is 16.6. The van der Waals surface area contributed by atoms with Crippen LogP contribution in [0.5, 0.6) is 0 Å². The van der Waals surface area contributed by atoms with Crippen LogP contribution in [0.1, 0.15) is 47.1 Å². The van der Waals surface area contributed by atoms with Crippen molar-refractivity contribution < 1.29 is 23.6 Å². The molecule has 2 N–H and O–H groups in total. The topological polar surface area (TPSA) is 49.7 Å². The second kappa shape index (κ2) is 5.67. The van der Waals surface area contributed by atoms with Crippen LogP contribution in [0.4, 0.5) is 8.78 Å². The van der Waals surface area contributed by atoms with Crippen molar-refractivity contribution in [2.24, 2.45) is 0 Å². The Morgan fingerprint density at radius 1 is 0.952 bits per heavy atom. The molecule has 3 nitrogen and oxygen atoms in total. The molecular formula is C15H23BF2O3. The van der Waals surface area contributed by atoms with Crippen LogP contribution in [0.2, 0.25) is 0 Å². The molecule has 21 heavy (non-hydrogen) atoms. The van der Waals surface area contributed by atoms with Crippen molar-refractivity contribution in [3.05, 3.63) is 29.3 Å². The van der Waals surface area contributed by atoms with Gasteiger partial charge in [-0.3, -0.25) is 0 Å². The van der Waals surface area contributed by atoms with Crippen LogP contribution in [-0.2, 0) is 10.3 Å². The summed E-state index contributed by atoms with van der Waals surface area (Å²) in [5.41, 5.74) is -3.52. The maximum absolute atomic E-state index is 14.0. The van der Waals surface area contributed by atoms with E-state index in [1.807, 2.05) is 0 Å². The van der Waals surface area contributed by atoms with Crippen molar-refractivity contribution in [3.8, 4) is 0 Å². The van der Waals surface area contributed by atoms with Gasteiger partial charge in [0, 0.05) is 5.46 Å². The van der Waals surface area contributed by atoms with Crippen LogP contribution in [-0.4, -0.2) is 28.9 Å². The van der Waals surface area contributed by atoms with Crippen molar-refractivity contribution in [3.63, 3.8) is 0 Å². The monoisotopic (exact) mass is 300 g/mol. The van der Waals surface area contributed by atoms with Crippen LogP contribution < -0.4 is 5.46 Å². The number of rotatable bonds is 5. The minimum atomic E-state index is -1.33. The van der Waals surface area contributed by atoms with E-state index in [-0.39, 0.29) is 18.5 Å². The van der Waals surface area contributed by atoms with Gasteiger partial charge in [-0.2, -0.15) is 0 Å². The maximum Gasteiger partial charge on any atom is 0.315 e. The molecule has 0 aliphatic rings. The van der Waals surface area contributed by atoms with Crippen LogP contribution in [0.25, 0.3) is 0 Å². The Balaban J connectivity index is 3.02. The van der Waals surface area contributed by atoms with Crippen LogP contribution >= 0.6 is 0 Å². The number of aliphatic hydroxyl groups is 2. The van der Waals surface area contributed by atoms with Gasteiger partial charge in [0.15, 0.2) is 0 Å². The van der Waals surface area contributed by atoms with Gasteiger partial charge in [-0.15, -0.1) is 0 Å². The smallest absolute Gasteiger partial charge is 0.315 e. The fourth-order valence-electron chi connectivity index (χ4n) is 1.52. The van der Waals surface area contributed by atoms with Crippen molar-refractivity contribution in [2.45, 2.75) is 58.3 Å². The predicted octanol–water partition coefficient (Wildman–Crippen LogP) is 1.74. The first-order chi connectivity index (χ1) is 9.25. The van der Waals surface area contributed by atoms with Gasteiger partial charge in [-0.1, -0.05) is 0 Å². The van der Waals surface area contributed by atoms with E-state index in [1.54, 1.807) is 27.7 Å². The van der Waals surface area contributed by atoms with Gasteiger partial charge in [0.1, 0.15) is 11.6 Å². The molecule has 0 aliphatic heterocycles. The molecule has 0 radical (unpaired) electrons. The molecule has 0 amide bonds. The zero-order valence-corrected chi connectivity index (χ0v) is 13.4. The van der Waals surface area contributed by atoms with E-state index in [0.717, 1.165) is 12.1 Å². The maximum atomic E-state index is 14.0. The van der Waals surface area contributed by atoms with Crippen LogP contribution in [0.3, 0.4) is 0 Å². The highest BCUT2D eigenvalue weighted by Crippen LogP contribution is 2.25. The fourth-order valence-corrected chi connectivity index (χ4v) is 1.52. The predicted molar refractivity (Wildman–Crippen MR) is 79.8 cm³/mol. The highest BCUT2D eigenvalue weighted by Gasteiger charge is 2.36. The molecule has 0 bridgehead atoms. The molecule has 6 heteroatoms. The number of benzene rings is 1. The zero-order valence-electron chi connectivity index (χ0n) is 13.4. The minimum absolute atomic E-state index is 0.156. The summed E-state index contributed by atoms with van der Waals surface area (Å²) < 4.78 is 33.5. The highest BCUT2D eigenvalue weighted by atomic mass is 19.1. The Hall–Kier alpha value is -0.975. The van der Waals surface area contributed by atoms with Crippen molar-refractivity contribution in [2.75, 3.05) is 0 Å². The molecule has 0 aliphatic carbocycles. The fraction of sp³-hybridized carbons (Fsp3) is 0.600. The summed E-state index contributed by atoms with van der Waals surface area (Å²) in [5.74, 6) is -1.56. The SMILES string of the molecule is CC(C)(O)c1cc(F)c(BOC(C)(C)C(C)(C)O)c(F)c1. The largest absolute Gasteiger partial charge is 0.427 e. The average Bonchev–Trinajstić information content (AvgIpc) is 2.24. The molecule has 118 valence electrons. The Labute approximate surface area is 125 Å². The highest BCUT2D eigenvalue weighted by molar-refractivity contribution is 6.47. The molecule has 1 rings (SSSR count). The minimum Gasteiger partial charge on any atom is -0.427 e. The van der Waals surface area contributed by atoms with Crippen molar-refractivity contribution >= 4 is 12.9 Å². The summed E-state index contributed by atoms with van der Waals surface area (Å²) in [6.45, 7) is 9.33. The van der Waals surface area contributed by atoms with E-state index in [0.29, 0.717) is 0 Å². The molecule has 1 aromatic carbocycles. The number of hydrogen-bond acceptors (Lipinski definition) is 3. The van der Waals surface area contributed by atoms with Gasteiger partial charge in [-0.05, 0) is 59.2 Å². The molecule has 0 atom stereocenters. The lowest BCUT2D eigenvalue weighted by molar-refractivity contribution is -0.0894. The first kappa shape index (κ1) is 18.1. The van der Waals surface area contributed by atoms with E-state index in [9.17, 15) is 19.0 Å². The van der Waals surface area contributed by atoms with Gasteiger partial charge in [0.25, 0.3) is 0 Å². The second-order valence-corrected chi connectivity index (χ2v) is 6.84. The first-order valence-corrected chi connectivity index (χ1v) is 6.83. The third-order valence-electron chi connectivity index (χ3n) is 3.90. The molecule has 0 aromatic heterocycles. The van der Waals surface area contributed by atoms with E-state index >= 15 is 0 Å². The quantitative estimate of drug-likeness (QED) is 0.814. The molecule has 0 heterocycles. The summed E-state index contributed by atoms with van der Waals surface area (Å²) in [7, 11) is -0.305. The van der Waals surface area contributed by atoms with Gasteiger partial charge in [-0.25, -0.2) is 8.78 Å². The van der Waals surface area contributed by atoms with Gasteiger partial charge >= 0.3 is 7.48 Å². The Kier molecular flexibility index (Phi) is 4.88. The molecule has 0 saturated carbocycles. The van der Waals surface area contributed by atoms with E-state index < -0.39 is 28.4 Å². The first-order valence-electron chi connectivity index (χ1n) is 6.83. The Morgan fingerprint density at radius 3 is 1.71 bits per heavy atom. The number of hydrogen-bond donors (Lipinski definition) is 2. The third kappa shape index (κ3) is 4.25. The molecule has 0 fully saturated rings.